The summed E-state index contributed by atoms with van der Waals surface area (Å²) in [5.74, 6) is -0.544. The topological polar surface area (TPSA) is 74.8 Å². The number of halogens is 2. The molecule has 0 aliphatic rings. The molecule has 0 fully saturated rings. The van der Waals surface area contributed by atoms with Crippen molar-refractivity contribution in [1.82, 2.24) is 9.97 Å². The van der Waals surface area contributed by atoms with E-state index in [2.05, 4.69) is 14.7 Å². The standard InChI is InChI=1S/C13H9ClFN3O2S/c14-10-7-9(15)3-4-11(10)18-21(19,20)12-6-8-2-1-5-16-13(8)17-12/h1-7,18H,(H,16,17). The fourth-order valence-corrected chi connectivity index (χ4v) is 3.21. The van der Waals surface area contributed by atoms with Gasteiger partial charge in [-0.25, -0.2) is 9.37 Å². The lowest BCUT2D eigenvalue weighted by molar-refractivity contribution is 0.598. The predicted octanol–water partition coefficient (Wildman–Crippen LogP) is 3.16. The summed E-state index contributed by atoms with van der Waals surface area (Å²) in [6.45, 7) is 0. The number of aromatic nitrogens is 2. The van der Waals surface area contributed by atoms with Crippen molar-refractivity contribution in [2.45, 2.75) is 5.03 Å². The van der Waals surface area contributed by atoms with Crippen LogP contribution in [0.1, 0.15) is 0 Å². The van der Waals surface area contributed by atoms with E-state index in [1.54, 1.807) is 18.3 Å². The molecule has 0 aliphatic carbocycles. The first-order valence-corrected chi connectivity index (χ1v) is 7.73. The number of hydrogen-bond donors (Lipinski definition) is 2. The molecular formula is C13H9ClFN3O2S. The Morgan fingerprint density at radius 1 is 1.24 bits per heavy atom. The molecule has 0 saturated carbocycles. The summed E-state index contributed by atoms with van der Waals surface area (Å²) in [6.07, 6.45) is 1.56. The van der Waals surface area contributed by atoms with E-state index in [1.807, 2.05) is 0 Å². The quantitative estimate of drug-likeness (QED) is 0.776. The second kappa shape index (κ2) is 5.01. The number of sulfonamides is 1. The van der Waals surface area contributed by atoms with Crippen molar-refractivity contribution in [1.29, 1.82) is 0 Å². The van der Waals surface area contributed by atoms with E-state index in [1.165, 1.54) is 12.1 Å². The molecule has 0 bridgehead atoms. The van der Waals surface area contributed by atoms with Gasteiger partial charge in [0.25, 0.3) is 10.0 Å². The molecule has 3 aromatic rings. The van der Waals surface area contributed by atoms with Gasteiger partial charge in [0, 0.05) is 11.6 Å². The van der Waals surface area contributed by atoms with E-state index in [-0.39, 0.29) is 15.7 Å². The van der Waals surface area contributed by atoms with Gasteiger partial charge in [-0.1, -0.05) is 11.6 Å². The molecule has 0 atom stereocenters. The van der Waals surface area contributed by atoms with Crippen LogP contribution in [0.25, 0.3) is 11.0 Å². The van der Waals surface area contributed by atoms with E-state index >= 15 is 0 Å². The largest absolute Gasteiger partial charge is 0.329 e. The van der Waals surface area contributed by atoms with E-state index < -0.39 is 15.8 Å². The molecule has 2 N–H and O–H groups in total. The Kier molecular flexibility index (Phi) is 3.30. The van der Waals surface area contributed by atoms with Crippen LogP contribution >= 0.6 is 11.6 Å². The van der Waals surface area contributed by atoms with Crippen LogP contribution in [-0.2, 0) is 10.0 Å². The summed E-state index contributed by atoms with van der Waals surface area (Å²) in [4.78, 5) is 6.74. The molecule has 3 rings (SSSR count). The second-order valence-corrected chi connectivity index (χ2v) is 6.36. The Morgan fingerprint density at radius 3 is 2.76 bits per heavy atom. The van der Waals surface area contributed by atoms with Crippen molar-refractivity contribution in [3.63, 3.8) is 0 Å². The lowest BCUT2D eigenvalue weighted by Crippen LogP contribution is -2.13. The zero-order valence-electron chi connectivity index (χ0n) is 10.5. The third kappa shape index (κ3) is 2.70. The van der Waals surface area contributed by atoms with Gasteiger partial charge in [-0.2, -0.15) is 8.42 Å². The second-order valence-electron chi connectivity index (χ2n) is 4.30. The number of fused-ring (bicyclic) bond motifs is 1. The lowest BCUT2D eigenvalue weighted by atomic mass is 10.3. The summed E-state index contributed by atoms with van der Waals surface area (Å²) < 4.78 is 39.8. The van der Waals surface area contributed by atoms with Gasteiger partial charge in [-0.15, -0.1) is 0 Å². The highest BCUT2D eigenvalue weighted by Crippen LogP contribution is 2.26. The van der Waals surface area contributed by atoms with E-state index in [9.17, 15) is 12.8 Å². The number of rotatable bonds is 3. The molecule has 108 valence electrons. The maximum absolute atomic E-state index is 13.0. The number of nitrogens with one attached hydrogen (secondary N) is 2. The molecule has 21 heavy (non-hydrogen) atoms. The molecule has 0 radical (unpaired) electrons. The normalized spacial score (nSPS) is 11.7. The molecular weight excluding hydrogens is 317 g/mol. The van der Waals surface area contributed by atoms with Gasteiger partial charge >= 0.3 is 0 Å². The predicted molar refractivity (Wildman–Crippen MR) is 78.3 cm³/mol. The van der Waals surface area contributed by atoms with Crippen LogP contribution in [0.15, 0.2) is 47.6 Å². The van der Waals surface area contributed by atoms with Crippen LogP contribution in [0.3, 0.4) is 0 Å². The van der Waals surface area contributed by atoms with Gasteiger partial charge in [0.2, 0.25) is 0 Å². The first kappa shape index (κ1) is 13.8. The molecule has 5 nitrogen and oxygen atoms in total. The average Bonchev–Trinajstić information content (AvgIpc) is 2.87. The molecule has 2 heterocycles. The molecule has 0 unspecified atom stereocenters. The lowest BCUT2D eigenvalue weighted by Gasteiger charge is -2.08. The van der Waals surface area contributed by atoms with Crippen LogP contribution in [0.5, 0.6) is 0 Å². The van der Waals surface area contributed by atoms with Crippen molar-refractivity contribution in [2.24, 2.45) is 0 Å². The number of benzene rings is 1. The summed E-state index contributed by atoms with van der Waals surface area (Å²) in [6, 6.07) is 8.32. The summed E-state index contributed by atoms with van der Waals surface area (Å²) >= 11 is 5.81. The van der Waals surface area contributed by atoms with Gasteiger partial charge in [0.05, 0.1) is 10.7 Å². The summed E-state index contributed by atoms with van der Waals surface area (Å²) in [5.41, 5.74) is 0.563. The van der Waals surface area contributed by atoms with Gasteiger partial charge in [0.15, 0.2) is 5.03 Å². The molecule has 8 heteroatoms. The minimum atomic E-state index is -3.86. The first-order chi connectivity index (χ1) is 9.95. The minimum absolute atomic E-state index is 0.0205. The molecule has 1 aromatic carbocycles. The van der Waals surface area contributed by atoms with Crippen LogP contribution in [-0.4, -0.2) is 18.4 Å². The number of H-pyrrole nitrogens is 1. The van der Waals surface area contributed by atoms with Crippen molar-refractivity contribution in [2.75, 3.05) is 4.72 Å². The molecule has 0 spiro atoms. The van der Waals surface area contributed by atoms with Gasteiger partial charge < -0.3 is 4.98 Å². The highest BCUT2D eigenvalue weighted by molar-refractivity contribution is 7.92. The Morgan fingerprint density at radius 2 is 2.05 bits per heavy atom. The van der Waals surface area contributed by atoms with Crippen molar-refractivity contribution in [3.8, 4) is 0 Å². The van der Waals surface area contributed by atoms with Crippen molar-refractivity contribution >= 4 is 38.3 Å². The zero-order chi connectivity index (χ0) is 15.0. The number of nitrogens with zero attached hydrogens (tertiary/aromatic N) is 1. The highest BCUT2D eigenvalue weighted by atomic mass is 35.5. The monoisotopic (exact) mass is 325 g/mol. The Labute approximate surface area is 124 Å². The van der Waals surface area contributed by atoms with E-state index in [0.29, 0.717) is 11.0 Å². The van der Waals surface area contributed by atoms with Crippen LogP contribution in [0.4, 0.5) is 10.1 Å². The number of aromatic amines is 1. The zero-order valence-corrected chi connectivity index (χ0v) is 12.0. The van der Waals surface area contributed by atoms with Crippen molar-refractivity contribution < 1.29 is 12.8 Å². The van der Waals surface area contributed by atoms with E-state index in [0.717, 1.165) is 12.1 Å². The maximum Gasteiger partial charge on any atom is 0.277 e. The number of pyridine rings is 1. The van der Waals surface area contributed by atoms with E-state index in [4.69, 9.17) is 11.6 Å². The minimum Gasteiger partial charge on any atom is -0.329 e. The van der Waals surface area contributed by atoms with Gasteiger partial charge in [0.1, 0.15) is 11.5 Å². The van der Waals surface area contributed by atoms with Crippen LogP contribution < -0.4 is 4.72 Å². The average molecular weight is 326 g/mol. The SMILES string of the molecule is O=S(=O)(Nc1ccc(F)cc1Cl)c1cc2cccnc2[nH]1. The third-order valence-electron chi connectivity index (χ3n) is 2.83. The Hall–Kier alpha value is -2.12. The number of anilines is 1. The molecule has 2 aromatic heterocycles. The smallest absolute Gasteiger partial charge is 0.277 e. The Balaban J connectivity index is 2.00. The fourth-order valence-electron chi connectivity index (χ4n) is 1.85. The molecule has 0 amide bonds. The first-order valence-electron chi connectivity index (χ1n) is 5.87. The van der Waals surface area contributed by atoms with Crippen LogP contribution in [0.2, 0.25) is 5.02 Å². The molecule has 0 aliphatic heterocycles. The van der Waals surface area contributed by atoms with Gasteiger partial charge in [-0.05, 0) is 36.4 Å². The third-order valence-corrected chi connectivity index (χ3v) is 4.43. The van der Waals surface area contributed by atoms with Gasteiger partial charge in [-0.3, -0.25) is 4.72 Å². The highest BCUT2D eigenvalue weighted by Gasteiger charge is 2.18. The fraction of sp³-hybridized carbons (Fsp3) is 0. The van der Waals surface area contributed by atoms with Crippen LogP contribution in [0, 0.1) is 5.82 Å². The summed E-state index contributed by atoms with van der Waals surface area (Å²) in [7, 11) is -3.86. The Bertz CT molecular complexity index is 891. The number of hydrogen-bond acceptors (Lipinski definition) is 3. The summed E-state index contributed by atoms with van der Waals surface area (Å²) in [5, 5.41) is 0.604. The maximum atomic E-state index is 13.0. The molecule has 0 saturated heterocycles. The van der Waals surface area contributed by atoms with Crippen molar-refractivity contribution in [3.05, 3.63) is 53.4 Å².